The van der Waals surface area contributed by atoms with E-state index in [1.807, 2.05) is 14.1 Å². The molecule has 0 aliphatic heterocycles. The Morgan fingerprint density at radius 1 is 1.36 bits per heavy atom. The van der Waals surface area contributed by atoms with Crippen molar-refractivity contribution in [2.45, 2.75) is 6.42 Å². The number of rotatable bonds is 4. The van der Waals surface area contributed by atoms with Crippen LogP contribution in [0.25, 0.3) is 0 Å². The highest BCUT2D eigenvalue weighted by Crippen LogP contribution is 1.83. The first kappa shape index (κ1) is 23.7. The Balaban J connectivity index is -0.000000167. The van der Waals surface area contributed by atoms with Crippen LogP contribution in [0.2, 0.25) is 0 Å². The minimum Gasteiger partial charge on any atom is -0.412 e. The lowest BCUT2D eigenvalue weighted by molar-refractivity contribution is 0.403. The van der Waals surface area contributed by atoms with Crippen LogP contribution in [0.3, 0.4) is 0 Å². The summed E-state index contributed by atoms with van der Waals surface area (Å²) in [6, 6.07) is 0. The third kappa shape index (κ3) is 18.0. The number of aliphatic imine (C=N–C) groups is 1. The molecule has 8 heteroatoms. The van der Waals surface area contributed by atoms with Crippen LogP contribution in [0.15, 0.2) is 4.99 Å². The molecule has 0 unspecified atom stereocenters. The van der Waals surface area contributed by atoms with Crippen molar-refractivity contribution in [2.75, 3.05) is 27.2 Å². The van der Waals surface area contributed by atoms with E-state index in [0.29, 0.717) is 12.5 Å². The molecule has 0 amide bonds. The third-order valence-corrected chi connectivity index (χ3v) is 1.19. The predicted molar refractivity (Wildman–Crippen MR) is 71.2 cm³/mol. The molecular formula is C6H21Br2N5O. The molecule has 0 bridgehead atoms. The van der Waals surface area contributed by atoms with Gasteiger partial charge in [0.25, 0.3) is 0 Å². The molecule has 90 valence electrons. The van der Waals surface area contributed by atoms with E-state index >= 15 is 0 Å². The fourth-order valence-electron chi connectivity index (χ4n) is 0.632. The van der Waals surface area contributed by atoms with Gasteiger partial charge in [0.15, 0.2) is 0 Å². The van der Waals surface area contributed by atoms with Gasteiger partial charge in [0.1, 0.15) is 0 Å². The van der Waals surface area contributed by atoms with Crippen LogP contribution in [0.4, 0.5) is 0 Å². The van der Waals surface area contributed by atoms with Crippen LogP contribution in [-0.4, -0.2) is 43.5 Å². The molecule has 0 atom stereocenters. The van der Waals surface area contributed by atoms with Crippen LogP contribution < -0.4 is 17.0 Å². The highest BCUT2D eigenvalue weighted by atomic mass is 79.9. The number of guanidine groups is 1. The maximum atomic E-state index is 5.29. The molecule has 0 aliphatic rings. The van der Waals surface area contributed by atoms with Crippen molar-refractivity contribution in [1.82, 2.24) is 10.3 Å². The first-order valence-corrected chi connectivity index (χ1v) is 3.58. The fourth-order valence-corrected chi connectivity index (χ4v) is 0.632. The molecule has 0 aromatic heterocycles. The average molecular weight is 339 g/mol. The Hall–Kier alpha value is 0.110. The van der Waals surface area contributed by atoms with Crippen LogP contribution in [0, 0.1) is 0 Å². The van der Waals surface area contributed by atoms with Gasteiger partial charge < -0.3 is 16.1 Å². The smallest absolute Gasteiger partial charge is 0.203 e. The lowest BCUT2D eigenvalue weighted by Gasteiger charge is -2.06. The maximum absolute atomic E-state index is 5.29. The fraction of sp³-hybridized carbons (Fsp3) is 0.833. The van der Waals surface area contributed by atoms with Crippen LogP contribution in [0.1, 0.15) is 6.42 Å². The second kappa shape index (κ2) is 15.6. The number of nitrogens with one attached hydrogen (secondary N) is 1. The van der Waals surface area contributed by atoms with Crippen LogP contribution >= 0.6 is 34.0 Å². The zero-order valence-electron chi connectivity index (χ0n) is 8.49. The van der Waals surface area contributed by atoms with E-state index < -0.39 is 0 Å². The second-order valence-electron chi connectivity index (χ2n) is 2.57. The predicted octanol–water partition coefficient (Wildman–Crippen LogP) is -0.953. The molecule has 0 aromatic rings. The van der Waals surface area contributed by atoms with Gasteiger partial charge in [0.05, 0.1) is 0 Å². The summed E-state index contributed by atoms with van der Waals surface area (Å²) in [7, 11) is 4.04. The molecule has 0 heterocycles. The number of halogens is 2. The summed E-state index contributed by atoms with van der Waals surface area (Å²) in [5, 5.41) is 0. The van der Waals surface area contributed by atoms with Gasteiger partial charge in [-0.1, -0.05) is 0 Å². The lowest BCUT2D eigenvalue weighted by Crippen LogP contribution is -2.37. The van der Waals surface area contributed by atoms with Gasteiger partial charge >= 0.3 is 0 Å². The molecule has 0 aliphatic carbocycles. The minimum atomic E-state index is 0. The van der Waals surface area contributed by atoms with Gasteiger partial charge in [-0.15, -0.1) is 34.0 Å². The SMILES string of the molecule is Br.Br.CN(C)CCCN=C(N)NN.O. The van der Waals surface area contributed by atoms with E-state index in [1.165, 1.54) is 0 Å². The summed E-state index contributed by atoms with van der Waals surface area (Å²) < 4.78 is 0. The summed E-state index contributed by atoms with van der Waals surface area (Å²) in [6.07, 6.45) is 0.995. The van der Waals surface area contributed by atoms with Crippen molar-refractivity contribution in [2.24, 2.45) is 16.6 Å². The minimum absolute atomic E-state index is 0. The standard InChI is InChI=1S/C6H17N5.2BrH.H2O/c1-11(2)5-3-4-9-6(7)10-8;;;/h3-5,8H2,1-2H3,(H3,7,9,10);2*1H;1H2. The molecule has 0 radical (unpaired) electrons. The van der Waals surface area contributed by atoms with Gasteiger partial charge in [-0.3, -0.25) is 10.4 Å². The van der Waals surface area contributed by atoms with Gasteiger partial charge in [-0.2, -0.15) is 0 Å². The molecule has 14 heavy (non-hydrogen) atoms. The summed E-state index contributed by atoms with van der Waals surface area (Å²) in [5.41, 5.74) is 7.56. The monoisotopic (exact) mass is 337 g/mol. The first-order chi connectivity index (χ1) is 5.16. The van der Waals surface area contributed by atoms with Crippen molar-refractivity contribution >= 4 is 39.9 Å². The molecule has 7 N–H and O–H groups in total. The summed E-state index contributed by atoms with van der Waals surface area (Å²) >= 11 is 0. The number of nitrogens with two attached hydrogens (primary N) is 2. The largest absolute Gasteiger partial charge is 0.412 e. The van der Waals surface area contributed by atoms with Crippen molar-refractivity contribution < 1.29 is 5.48 Å². The Morgan fingerprint density at radius 3 is 2.21 bits per heavy atom. The molecule has 0 saturated heterocycles. The lowest BCUT2D eigenvalue weighted by atomic mass is 10.4. The Morgan fingerprint density at radius 2 is 1.86 bits per heavy atom. The Bertz CT molecular complexity index is 133. The van der Waals surface area contributed by atoms with Crippen molar-refractivity contribution in [1.29, 1.82) is 0 Å². The van der Waals surface area contributed by atoms with E-state index in [-0.39, 0.29) is 39.4 Å². The van der Waals surface area contributed by atoms with E-state index in [0.717, 1.165) is 13.0 Å². The second-order valence-corrected chi connectivity index (χ2v) is 2.57. The van der Waals surface area contributed by atoms with Crippen molar-refractivity contribution in [3.63, 3.8) is 0 Å². The van der Waals surface area contributed by atoms with E-state index in [9.17, 15) is 0 Å². The maximum Gasteiger partial charge on any atom is 0.203 e. The van der Waals surface area contributed by atoms with Gasteiger partial charge in [0, 0.05) is 6.54 Å². The van der Waals surface area contributed by atoms with E-state index in [4.69, 9.17) is 11.6 Å². The summed E-state index contributed by atoms with van der Waals surface area (Å²) in [5.74, 6) is 5.29. The van der Waals surface area contributed by atoms with Gasteiger partial charge in [-0.05, 0) is 27.1 Å². The molecule has 0 aromatic carbocycles. The third-order valence-electron chi connectivity index (χ3n) is 1.19. The van der Waals surface area contributed by atoms with E-state index in [1.54, 1.807) is 0 Å². The molecule has 0 saturated carbocycles. The molecule has 0 fully saturated rings. The van der Waals surface area contributed by atoms with Crippen LogP contribution in [0.5, 0.6) is 0 Å². The summed E-state index contributed by atoms with van der Waals surface area (Å²) in [6.45, 7) is 1.73. The van der Waals surface area contributed by atoms with Gasteiger partial charge in [-0.25, -0.2) is 5.84 Å². The molecule has 0 spiro atoms. The highest BCUT2D eigenvalue weighted by molar-refractivity contribution is 8.93. The normalized spacial score (nSPS) is 9.57. The number of hydrogen-bond acceptors (Lipinski definition) is 3. The number of nitrogens with zero attached hydrogens (tertiary/aromatic N) is 2. The Kier molecular flexibility index (Phi) is 26.4. The van der Waals surface area contributed by atoms with Crippen molar-refractivity contribution in [3.05, 3.63) is 0 Å². The van der Waals surface area contributed by atoms with Crippen molar-refractivity contribution in [3.8, 4) is 0 Å². The molecule has 6 nitrogen and oxygen atoms in total. The Labute approximate surface area is 106 Å². The quantitative estimate of drug-likeness (QED) is 0.202. The molecule has 0 rings (SSSR count). The summed E-state index contributed by atoms with van der Waals surface area (Å²) in [4.78, 5) is 6.05. The number of hydrazine groups is 1. The topological polar surface area (TPSA) is 111 Å². The zero-order valence-corrected chi connectivity index (χ0v) is 11.9. The highest BCUT2D eigenvalue weighted by Gasteiger charge is 1.89. The average Bonchev–Trinajstić information content (AvgIpc) is 1.97. The van der Waals surface area contributed by atoms with Crippen LogP contribution in [-0.2, 0) is 0 Å². The first-order valence-electron chi connectivity index (χ1n) is 3.58. The zero-order chi connectivity index (χ0) is 8.69. The van der Waals surface area contributed by atoms with Gasteiger partial charge in [0.2, 0.25) is 5.96 Å². The molecular weight excluding hydrogens is 318 g/mol. The van der Waals surface area contributed by atoms with E-state index in [2.05, 4.69) is 15.3 Å². The number of hydrogen-bond donors (Lipinski definition) is 3.